The summed E-state index contributed by atoms with van der Waals surface area (Å²) in [6, 6.07) is 2.26. The van der Waals surface area contributed by atoms with E-state index in [9.17, 15) is 8.42 Å². The van der Waals surface area contributed by atoms with Gasteiger partial charge in [0.05, 0.1) is 6.54 Å². The Morgan fingerprint density at radius 2 is 2.20 bits per heavy atom. The standard InChI is InChI=1S/C13H23N3O3S/c1-9(16(3)11-4-5-11)8-15-20(17,18)13-6-12(7-14)19-10(13)2/h6,9,11,15H,4-5,7-8,14H2,1-3H3. The molecule has 3 N–H and O–H groups in total. The lowest BCUT2D eigenvalue weighted by atomic mass is 10.3. The van der Waals surface area contributed by atoms with Gasteiger partial charge in [-0.25, -0.2) is 13.1 Å². The summed E-state index contributed by atoms with van der Waals surface area (Å²) in [5, 5.41) is 0. The molecule has 0 aromatic carbocycles. The summed E-state index contributed by atoms with van der Waals surface area (Å²) in [7, 11) is -1.51. The first-order valence-corrected chi connectivity index (χ1v) is 8.34. The van der Waals surface area contributed by atoms with Crippen molar-refractivity contribution < 1.29 is 12.8 Å². The normalized spacial score (nSPS) is 17.6. The zero-order valence-corrected chi connectivity index (χ0v) is 13.0. The molecule has 7 heteroatoms. The van der Waals surface area contributed by atoms with Gasteiger partial charge in [0, 0.05) is 24.7 Å². The highest BCUT2D eigenvalue weighted by Gasteiger charge is 2.30. The monoisotopic (exact) mass is 301 g/mol. The van der Waals surface area contributed by atoms with Crippen LogP contribution in [0.2, 0.25) is 0 Å². The number of nitrogens with two attached hydrogens (primary N) is 1. The Labute approximate surface area is 120 Å². The molecule has 1 heterocycles. The van der Waals surface area contributed by atoms with Crippen LogP contribution < -0.4 is 10.5 Å². The molecular weight excluding hydrogens is 278 g/mol. The van der Waals surface area contributed by atoms with Crippen LogP contribution in [0.15, 0.2) is 15.4 Å². The molecule has 1 unspecified atom stereocenters. The summed E-state index contributed by atoms with van der Waals surface area (Å²) in [6.07, 6.45) is 2.41. The Morgan fingerprint density at radius 3 is 2.70 bits per heavy atom. The maximum atomic E-state index is 12.3. The van der Waals surface area contributed by atoms with E-state index in [4.69, 9.17) is 10.2 Å². The third kappa shape index (κ3) is 3.41. The van der Waals surface area contributed by atoms with Gasteiger partial charge in [0.15, 0.2) is 0 Å². The molecule has 1 aromatic heterocycles. The number of hydrogen-bond acceptors (Lipinski definition) is 5. The highest BCUT2D eigenvalue weighted by atomic mass is 32.2. The number of nitrogens with zero attached hydrogens (tertiary/aromatic N) is 1. The van der Waals surface area contributed by atoms with E-state index < -0.39 is 10.0 Å². The summed E-state index contributed by atoms with van der Waals surface area (Å²) in [5.41, 5.74) is 5.46. The fourth-order valence-electron chi connectivity index (χ4n) is 2.19. The summed E-state index contributed by atoms with van der Waals surface area (Å²) in [6.45, 7) is 4.23. The van der Waals surface area contributed by atoms with Gasteiger partial charge in [-0.15, -0.1) is 0 Å². The van der Waals surface area contributed by atoms with Crippen molar-refractivity contribution in [1.82, 2.24) is 9.62 Å². The topological polar surface area (TPSA) is 88.6 Å². The molecule has 1 saturated carbocycles. The molecule has 0 aliphatic heterocycles. The van der Waals surface area contributed by atoms with Crippen LogP contribution >= 0.6 is 0 Å². The highest BCUT2D eigenvalue weighted by molar-refractivity contribution is 7.89. The van der Waals surface area contributed by atoms with Crippen LogP contribution in [0.1, 0.15) is 31.3 Å². The average Bonchev–Trinajstić information content (AvgIpc) is 3.17. The van der Waals surface area contributed by atoms with E-state index in [0.717, 1.165) is 0 Å². The fourth-order valence-corrected chi connectivity index (χ4v) is 3.51. The second-order valence-electron chi connectivity index (χ2n) is 5.43. The smallest absolute Gasteiger partial charge is 0.244 e. The molecule has 0 amide bonds. The molecule has 1 fully saturated rings. The van der Waals surface area contributed by atoms with Gasteiger partial charge < -0.3 is 10.2 Å². The first kappa shape index (κ1) is 15.5. The van der Waals surface area contributed by atoms with Crippen molar-refractivity contribution in [1.29, 1.82) is 0 Å². The third-order valence-electron chi connectivity index (χ3n) is 3.80. The molecule has 1 aromatic rings. The zero-order chi connectivity index (χ0) is 14.9. The summed E-state index contributed by atoms with van der Waals surface area (Å²) >= 11 is 0. The van der Waals surface area contributed by atoms with Gasteiger partial charge in [0.1, 0.15) is 16.4 Å². The number of likely N-dealkylation sites (N-methyl/N-ethyl adjacent to an activating group) is 1. The van der Waals surface area contributed by atoms with Crippen LogP contribution in [0.5, 0.6) is 0 Å². The van der Waals surface area contributed by atoms with Gasteiger partial charge in [0.25, 0.3) is 0 Å². The number of furan rings is 1. The second kappa shape index (κ2) is 5.85. The highest BCUT2D eigenvalue weighted by Crippen LogP contribution is 2.27. The Morgan fingerprint density at radius 1 is 1.55 bits per heavy atom. The fraction of sp³-hybridized carbons (Fsp3) is 0.692. The van der Waals surface area contributed by atoms with Crippen molar-refractivity contribution >= 4 is 10.0 Å². The zero-order valence-electron chi connectivity index (χ0n) is 12.2. The van der Waals surface area contributed by atoms with Crippen LogP contribution in [0.4, 0.5) is 0 Å². The number of sulfonamides is 1. The molecule has 1 aliphatic rings. The van der Waals surface area contributed by atoms with Gasteiger partial charge in [-0.1, -0.05) is 0 Å². The number of nitrogens with one attached hydrogen (secondary N) is 1. The first-order valence-electron chi connectivity index (χ1n) is 6.86. The summed E-state index contributed by atoms with van der Waals surface area (Å²) in [4.78, 5) is 2.40. The Kier molecular flexibility index (Phi) is 4.53. The van der Waals surface area contributed by atoms with Crippen LogP contribution in [0.25, 0.3) is 0 Å². The Balaban J connectivity index is 2.01. The third-order valence-corrected chi connectivity index (χ3v) is 5.33. The lowest BCUT2D eigenvalue weighted by molar-refractivity contribution is 0.248. The minimum absolute atomic E-state index is 0.165. The molecule has 2 rings (SSSR count). The van der Waals surface area contributed by atoms with E-state index in [1.54, 1.807) is 6.92 Å². The predicted octanol–water partition coefficient (Wildman–Crippen LogP) is 0.808. The quantitative estimate of drug-likeness (QED) is 0.778. The maximum absolute atomic E-state index is 12.3. The molecule has 0 bridgehead atoms. The van der Waals surface area contributed by atoms with Gasteiger partial charge in [-0.2, -0.15) is 0 Å². The number of aryl methyl sites for hydroxylation is 1. The van der Waals surface area contributed by atoms with E-state index in [1.807, 2.05) is 14.0 Å². The van der Waals surface area contributed by atoms with Gasteiger partial charge >= 0.3 is 0 Å². The minimum Gasteiger partial charge on any atom is -0.464 e. The number of rotatable bonds is 7. The lowest BCUT2D eigenvalue weighted by Gasteiger charge is -2.24. The van der Waals surface area contributed by atoms with Crippen molar-refractivity contribution in [2.24, 2.45) is 5.73 Å². The van der Waals surface area contributed by atoms with Crippen molar-refractivity contribution in [2.45, 2.75) is 50.2 Å². The van der Waals surface area contributed by atoms with Crippen LogP contribution in [-0.2, 0) is 16.6 Å². The molecule has 1 atom stereocenters. The predicted molar refractivity (Wildman–Crippen MR) is 76.8 cm³/mol. The van der Waals surface area contributed by atoms with Crippen LogP contribution in [0, 0.1) is 6.92 Å². The average molecular weight is 301 g/mol. The molecule has 6 nitrogen and oxygen atoms in total. The molecule has 20 heavy (non-hydrogen) atoms. The maximum Gasteiger partial charge on any atom is 0.244 e. The minimum atomic E-state index is -3.54. The molecule has 114 valence electrons. The van der Waals surface area contributed by atoms with E-state index in [1.165, 1.54) is 18.9 Å². The Bertz CT molecular complexity index is 563. The van der Waals surface area contributed by atoms with Gasteiger partial charge in [-0.3, -0.25) is 4.90 Å². The molecule has 1 aliphatic carbocycles. The Hall–Kier alpha value is -0.890. The van der Waals surface area contributed by atoms with E-state index in [2.05, 4.69) is 9.62 Å². The van der Waals surface area contributed by atoms with Crippen molar-refractivity contribution in [2.75, 3.05) is 13.6 Å². The molecule has 0 saturated heterocycles. The summed E-state index contributed by atoms with van der Waals surface area (Å²) < 4.78 is 32.5. The molecular formula is C13H23N3O3S. The van der Waals surface area contributed by atoms with Crippen LogP contribution in [-0.4, -0.2) is 39.0 Å². The molecule has 0 spiro atoms. The van der Waals surface area contributed by atoms with Crippen LogP contribution in [0.3, 0.4) is 0 Å². The first-order chi connectivity index (χ1) is 9.35. The van der Waals surface area contributed by atoms with Crippen molar-refractivity contribution in [3.63, 3.8) is 0 Å². The molecule has 0 radical (unpaired) electrons. The SMILES string of the molecule is Cc1oc(CN)cc1S(=O)(=O)NCC(C)N(C)C1CC1. The number of hydrogen-bond donors (Lipinski definition) is 2. The van der Waals surface area contributed by atoms with Gasteiger partial charge in [0.2, 0.25) is 10.0 Å². The van der Waals surface area contributed by atoms with E-state index in [-0.39, 0.29) is 17.5 Å². The second-order valence-corrected chi connectivity index (χ2v) is 7.17. The van der Waals surface area contributed by atoms with Crippen molar-refractivity contribution in [3.05, 3.63) is 17.6 Å². The van der Waals surface area contributed by atoms with Gasteiger partial charge in [-0.05, 0) is 33.7 Å². The van der Waals surface area contributed by atoms with Crippen molar-refractivity contribution in [3.8, 4) is 0 Å². The summed E-state index contributed by atoms with van der Waals surface area (Å²) in [5.74, 6) is 0.854. The largest absolute Gasteiger partial charge is 0.464 e. The lowest BCUT2D eigenvalue weighted by Crippen LogP contribution is -2.41. The van der Waals surface area contributed by atoms with E-state index in [0.29, 0.717) is 24.1 Å². The van der Waals surface area contributed by atoms with E-state index >= 15 is 0 Å².